The maximum absolute atomic E-state index is 13.5. The summed E-state index contributed by atoms with van der Waals surface area (Å²) in [6.45, 7) is 8.60. The molecule has 3 aromatic rings. The van der Waals surface area contributed by atoms with Crippen molar-refractivity contribution >= 4 is 46.3 Å². The summed E-state index contributed by atoms with van der Waals surface area (Å²) in [6, 6.07) is 16.6. The van der Waals surface area contributed by atoms with Gasteiger partial charge >= 0.3 is 0 Å². The van der Waals surface area contributed by atoms with Crippen LogP contribution in [-0.2, 0) is 15.0 Å². The molecule has 6 nitrogen and oxygen atoms in total. The third kappa shape index (κ3) is 5.11. The summed E-state index contributed by atoms with van der Waals surface area (Å²) < 4.78 is 11.0. The summed E-state index contributed by atoms with van der Waals surface area (Å²) in [5, 5.41) is 11.9. The zero-order valence-corrected chi connectivity index (χ0v) is 23.4. The Morgan fingerprint density at radius 2 is 1.71 bits per heavy atom. The van der Waals surface area contributed by atoms with Gasteiger partial charge in [0, 0.05) is 16.8 Å². The number of hydrogen-bond acceptors (Lipinski definition) is 5. The van der Waals surface area contributed by atoms with Crippen LogP contribution in [0.15, 0.2) is 66.2 Å². The number of halogens is 2. The molecule has 8 heteroatoms. The van der Waals surface area contributed by atoms with Gasteiger partial charge in [-0.3, -0.25) is 14.5 Å². The van der Waals surface area contributed by atoms with Gasteiger partial charge in [-0.25, -0.2) is 0 Å². The van der Waals surface area contributed by atoms with E-state index in [2.05, 4.69) is 20.8 Å². The van der Waals surface area contributed by atoms with Crippen LogP contribution in [0.1, 0.15) is 50.4 Å². The highest BCUT2D eigenvalue weighted by Crippen LogP contribution is 2.45. The Kier molecular flexibility index (Phi) is 7.77. The first-order chi connectivity index (χ1) is 18.0. The van der Waals surface area contributed by atoms with Gasteiger partial charge < -0.3 is 14.6 Å². The molecule has 1 unspecified atom stereocenters. The lowest BCUT2D eigenvalue weighted by Gasteiger charge is -2.27. The number of anilines is 1. The fourth-order valence-electron chi connectivity index (χ4n) is 4.56. The molecule has 1 aliphatic heterocycles. The van der Waals surface area contributed by atoms with Crippen LogP contribution in [0.25, 0.3) is 5.76 Å². The number of methoxy groups -OCH3 is 1. The first-order valence-electron chi connectivity index (χ1n) is 12.2. The van der Waals surface area contributed by atoms with Gasteiger partial charge in [-0.2, -0.15) is 0 Å². The molecule has 1 saturated heterocycles. The smallest absolute Gasteiger partial charge is 0.300 e. The maximum atomic E-state index is 13.5. The molecule has 1 amide bonds. The normalized spacial score (nSPS) is 17.1. The largest absolute Gasteiger partial charge is 0.507 e. The van der Waals surface area contributed by atoms with E-state index in [0.29, 0.717) is 23.6 Å². The lowest BCUT2D eigenvalue weighted by Crippen LogP contribution is -2.29. The van der Waals surface area contributed by atoms with E-state index in [-0.39, 0.29) is 32.3 Å². The highest BCUT2D eigenvalue weighted by molar-refractivity contribution is 6.52. The molecule has 3 aromatic carbocycles. The summed E-state index contributed by atoms with van der Waals surface area (Å²) in [7, 11) is 1.40. The fourth-order valence-corrected chi connectivity index (χ4v) is 5.13. The number of aliphatic hydroxyl groups is 1. The maximum Gasteiger partial charge on any atom is 0.300 e. The van der Waals surface area contributed by atoms with E-state index in [0.717, 1.165) is 5.56 Å². The van der Waals surface area contributed by atoms with Crippen molar-refractivity contribution in [2.24, 2.45) is 0 Å². The fraction of sp³-hybridized carbons (Fsp3) is 0.267. The molecular weight excluding hydrogens is 525 g/mol. The predicted octanol–water partition coefficient (Wildman–Crippen LogP) is 7.32. The second-order valence-electron chi connectivity index (χ2n) is 9.94. The minimum absolute atomic E-state index is 0.100. The van der Waals surface area contributed by atoms with Crippen LogP contribution in [0.5, 0.6) is 11.5 Å². The number of nitrogens with zero attached hydrogens (tertiary/aromatic N) is 1. The first kappa shape index (κ1) is 27.6. The van der Waals surface area contributed by atoms with Gasteiger partial charge in [-0.05, 0) is 47.7 Å². The van der Waals surface area contributed by atoms with Crippen LogP contribution in [-0.4, -0.2) is 30.5 Å². The number of ether oxygens (including phenoxy) is 2. The number of aliphatic hydroxyl groups excluding tert-OH is 1. The molecule has 1 atom stereocenters. The van der Waals surface area contributed by atoms with Gasteiger partial charge in [0.2, 0.25) is 0 Å². The molecule has 1 fully saturated rings. The molecule has 4 rings (SSSR count). The third-order valence-electron chi connectivity index (χ3n) is 6.41. The van der Waals surface area contributed by atoms with E-state index in [9.17, 15) is 14.7 Å². The van der Waals surface area contributed by atoms with Crippen LogP contribution in [0.4, 0.5) is 5.69 Å². The molecule has 38 heavy (non-hydrogen) atoms. The summed E-state index contributed by atoms with van der Waals surface area (Å²) in [5.41, 5.74) is 2.10. The van der Waals surface area contributed by atoms with Crippen LogP contribution in [0.2, 0.25) is 10.0 Å². The number of benzene rings is 3. The molecule has 1 aliphatic rings. The second kappa shape index (κ2) is 10.7. The van der Waals surface area contributed by atoms with Crippen LogP contribution < -0.4 is 14.4 Å². The number of Topliss-reactive ketones (excluding diaryl/α,β-unsaturated/α-hetero) is 1. The van der Waals surface area contributed by atoms with Crippen LogP contribution in [0.3, 0.4) is 0 Å². The summed E-state index contributed by atoms with van der Waals surface area (Å²) >= 11 is 12.5. The minimum Gasteiger partial charge on any atom is -0.507 e. The Morgan fingerprint density at radius 1 is 1.03 bits per heavy atom. The van der Waals surface area contributed by atoms with Crippen molar-refractivity contribution in [3.63, 3.8) is 0 Å². The summed E-state index contributed by atoms with van der Waals surface area (Å²) in [6.07, 6.45) is 0. The van der Waals surface area contributed by atoms with Gasteiger partial charge in [0.05, 0.1) is 35.9 Å². The molecule has 0 saturated carbocycles. The quantitative estimate of drug-likeness (QED) is 0.196. The number of hydrogen-bond donors (Lipinski definition) is 1. The highest BCUT2D eigenvalue weighted by Gasteiger charge is 2.47. The van der Waals surface area contributed by atoms with Gasteiger partial charge in [0.15, 0.2) is 0 Å². The zero-order valence-electron chi connectivity index (χ0n) is 21.8. The first-order valence-corrected chi connectivity index (χ1v) is 12.9. The Hall–Kier alpha value is -3.48. The van der Waals surface area contributed by atoms with Gasteiger partial charge in [-0.1, -0.05) is 74.3 Å². The monoisotopic (exact) mass is 553 g/mol. The molecule has 0 spiro atoms. The molecule has 198 valence electrons. The van der Waals surface area contributed by atoms with Gasteiger partial charge in [0.25, 0.3) is 11.7 Å². The zero-order chi connectivity index (χ0) is 27.8. The number of carbonyl (C=O) groups is 2. The summed E-state index contributed by atoms with van der Waals surface area (Å²) in [5.74, 6) is -1.36. The Morgan fingerprint density at radius 3 is 2.32 bits per heavy atom. The Balaban J connectivity index is 1.98. The SMILES string of the molecule is CCOc1cccc(N2C(=O)C(=O)/C(=C(/O)c3cc(Cl)cc(Cl)c3OC)C2c2ccc(C(C)(C)C)cc2)c1. The molecule has 0 aromatic heterocycles. The predicted molar refractivity (Wildman–Crippen MR) is 151 cm³/mol. The van der Waals surface area contributed by atoms with E-state index < -0.39 is 23.5 Å². The topological polar surface area (TPSA) is 76.1 Å². The molecule has 1 N–H and O–H groups in total. The van der Waals surface area contributed by atoms with Crippen LogP contribution >= 0.6 is 23.2 Å². The van der Waals surface area contributed by atoms with Crippen molar-refractivity contribution in [2.75, 3.05) is 18.6 Å². The van der Waals surface area contributed by atoms with E-state index in [1.54, 1.807) is 24.3 Å². The number of carbonyl (C=O) groups excluding carboxylic acids is 2. The van der Waals surface area contributed by atoms with Gasteiger partial charge in [-0.15, -0.1) is 0 Å². The van der Waals surface area contributed by atoms with Crippen LogP contribution in [0, 0.1) is 0 Å². The Labute approximate surface area is 232 Å². The lowest BCUT2D eigenvalue weighted by atomic mass is 9.85. The van der Waals surface area contributed by atoms with E-state index in [1.807, 2.05) is 31.2 Å². The number of rotatable bonds is 6. The minimum atomic E-state index is -0.927. The van der Waals surface area contributed by atoms with Crippen molar-refractivity contribution in [1.82, 2.24) is 0 Å². The van der Waals surface area contributed by atoms with Crippen molar-refractivity contribution in [2.45, 2.75) is 39.2 Å². The third-order valence-corrected chi connectivity index (χ3v) is 6.91. The molecule has 1 heterocycles. The number of amides is 1. The average Bonchev–Trinajstić information content (AvgIpc) is 3.13. The molecular formula is C30H29Cl2NO5. The molecule has 0 bridgehead atoms. The highest BCUT2D eigenvalue weighted by atomic mass is 35.5. The molecule has 0 aliphatic carbocycles. The average molecular weight is 554 g/mol. The van der Waals surface area contributed by atoms with Crippen molar-refractivity contribution in [1.29, 1.82) is 0 Å². The second-order valence-corrected chi connectivity index (χ2v) is 10.8. The van der Waals surface area contributed by atoms with Gasteiger partial charge in [0.1, 0.15) is 17.3 Å². The van der Waals surface area contributed by atoms with Crippen molar-refractivity contribution < 1.29 is 24.2 Å². The Bertz CT molecular complexity index is 1420. The van der Waals surface area contributed by atoms with Crippen molar-refractivity contribution in [3.8, 4) is 11.5 Å². The summed E-state index contributed by atoms with van der Waals surface area (Å²) in [4.78, 5) is 28.4. The number of ketones is 1. The van der Waals surface area contributed by atoms with E-state index >= 15 is 0 Å². The van der Waals surface area contributed by atoms with E-state index in [1.165, 1.54) is 24.1 Å². The standard InChI is InChI=1S/C30H29Cl2NO5/c1-6-38-21-9-7-8-20(16-21)33-25(17-10-12-18(13-11-17)30(2,3)4)24(27(35)29(33)36)26(34)22-14-19(31)15-23(32)28(22)37-5/h7-16,25,34H,6H2,1-5H3/b26-24+. The van der Waals surface area contributed by atoms with Crippen molar-refractivity contribution in [3.05, 3.63) is 93.0 Å². The lowest BCUT2D eigenvalue weighted by molar-refractivity contribution is -0.132. The van der Waals surface area contributed by atoms with E-state index in [4.69, 9.17) is 32.7 Å². The molecule has 0 radical (unpaired) electrons.